The molecule has 2 unspecified atom stereocenters. The third-order valence-electron chi connectivity index (χ3n) is 0.677. The second kappa shape index (κ2) is 4.49. The molecule has 0 nitrogen and oxygen atoms in total. The average Bonchev–Trinajstić information content (AvgIpc) is 1.84. The quantitative estimate of drug-likeness (QED) is 0.574. The third-order valence-corrected chi connectivity index (χ3v) is 2.17. The topological polar surface area (TPSA) is 0 Å². The Balaban J connectivity index is 3.44. The summed E-state index contributed by atoms with van der Waals surface area (Å²) in [6, 6.07) is 0. The number of halogens is 3. The molecule has 0 aromatic carbocycles. The standard InChI is InChI=1S/C5H6Cl3/c1-2-4(7)5(8)3-6/h1-2,4-5H,3H2. The van der Waals surface area contributed by atoms with Crippen LogP contribution in [-0.4, -0.2) is 16.6 Å². The van der Waals surface area contributed by atoms with Crippen LogP contribution in [-0.2, 0) is 0 Å². The van der Waals surface area contributed by atoms with Gasteiger partial charge in [0, 0.05) is 5.88 Å². The van der Waals surface area contributed by atoms with Crippen molar-refractivity contribution in [3.05, 3.63) is 12.7 Å². The van der Waals surface area contributed by atoms with Gasteiger partial charge in [0.1, 0.15) is 0 Å². The number of alkyl halides is 3. The van der Waals surface area contributed by atoms with E-state index < -0.39 is 0 Å². The highest BCUT2D eigenvalue weighted by molar-refractivity contribution is 6.34. The first-order chi connectivity index (χ1) is 3.72. The van der Waals surface area contributed by atoms with Crippen LogP contribution in [0, 0.1) is 6.58 Å². The van der Waals surface area contributed by atoms with E-state index in [1.807, 2.05) is 0 Å². The highest BCUT2D eigenvalue weighted by Gasteiger charge is 2.10. The van der Waals surface area contributed by atoms with Crippen molar-refractivity contribution in [3.63, 3.8) is 0 Å². The van der Waals surface area contributed by atoms with Crippen LogP contribution in [0.4, 0.5) is 0 Å². The van der Waals surface area contributed by atoms with Gasteiger partial charge in [-0.25, -0.2) is 0 Å². The van der Waals surface area contributed by atoms with Gasteiger partial charge in [0.2, 0.25) is 0 Å². The summed E-state index contributed by atoms with van der Waals surface area (Å²) in [6.07, 6.45) is 1.32. The first kappa shape index (κ1) is 8.61. The zero-order valence-electron chi connectivity index (χ0n) is 4.15. The summed E-state index contributed by atoms with van der Waals surface area (Å²) in [5.74, 6) is 0.323. The maximum atomic E-state index is 5.54. The van der Waals surface area contributed by atoms with Crippen molar-refractivity contribution >= 4 is 34.8 Å². The molecule has 0 aromatic heterocycles. The molecule has 0 bridgehead atoms. The van der Waals surface area contributed by atoms with Gasteiger partial charge >= 0.3 is 0 Å². The van der Waals surface area contributed by atoms with E-state index >= 15 is 0 Å². The van der Waals surface area contributed by atoms with Crippen LogP contribution < -0.4 is 0 Å². The van der Waals surface area contributed by atoms with Gasteiger partial charge in [-0.1, -0.05) is 12.7 Å². The molecule has 2 atom stereocenters. The van der Waals surface area contributed by atoms with Gasteiger partial charge in [0.05, 0.1) is 10.8 Å². The van der Waals surface area contributed by atoms with Crippen LogP contribution in [0.5, 0.6) is 0 Å². The Morgan fingerprint density at radius 3 is 2.12 bits per heavy atom. The lowest BCUT2D eigenvalue weighted by Crippen LogP contribution is -2.12. The minimum atomic E-state index is -0.325. The highest BCUT2D eigenvalue weighted by atomic mass is 35.5. The Hall–Kier alpha value is 0.610. The Labute approximate surface area is 64.4 Å². The first-order valence-corrected chi connectivity index (χ1v) is 3.52. The number of hydrogen-bond donors (Lipinski definition) is 0. The van der Waals surface area contributed by atoms with Crippen LogP contribution in [0.2, 0.25) is 0 Å². The van der Waals surface area contributed by atoms with Gasteiger partial charge < -0.3 is 0 Å². The van der Waals surface area contributed by atoms with Gasteiger partial charge in [-0.3, -0.25) is 0 Å². The predicted octanol–water partition coefficient (Wildman–Crippen LogP) is 2.43. The summed E-state index contributed by atoms with van der Waals surface area (Å²) >= 11 is 16.4. The van der Waals surface area contributed by atoms with Crippen molar-refractivity contribution in [2.45, 2.75) is 10.8 Å². The number of hydrogen-bond acceptors (Lipinski definition) is 0. The lowest BCUT2D eigenvalue weighted by molar-refractivity contribution is 0.985. The van der Waals surface area contributed by atoms with E-state index in [1.54, 1.807) is 0 Å². The summed E-state index contributed by atoms with van der Waals surface area (Å²) in [6.45, 7) is 5.05. The van der Waals surface area contributed by atoms with Gasteiger partial charge in [0.25, 0.3) is 0 Å². The zero-order chi connectivity index (χ0) is 6.57. The molecule has 3 heteroatoms. The molecule has 0 N–H and O–H groups in total. The maximum absolute atomic E-state index is 5.54. The predicted molar refractivity (Wildman–Crippen MR) is 38.9 cm³/mol. The number of rotatable bonds is 3. The fourth-order valence-electron chi connectivity index (χ4n) is 0.206. The van der Waals surface area contributed by atoms with E-state index in [1.165, 1.54) is 6.08 Å². The lowest BCUT2D eigenvalue weighted by Gasteiger charge is -2.05. The molecule has 0 amide bonds. The van der Waals surface area contributed by atoms with Crippen LogP contribution >= 0.6 is 34.8 Å². The third kappa shape index (κ3) is 2.81. The van der Waals surface area contributed by atoms with Crippen molar-refractivity contribution in [1.29, 1.82) is 0 Å². The molecule has 0 aromatic rings. The summed E-state index contributed by atoms with van der Waals surface area (Å²) in [7, 11) is 0. The number of allylic oxidation sites excluding steroid dienone is 1. The van der Waals surface area contributed by atoms with Crippen molar-refractivity contribution in [2.24, 2.45) is 0 Å². The monoisotopic (exact) mass is 171 g/mol. The lowest BCUT2D eigenvalue weighted by atomic mass is 10.3. The maximum Gasteiger partial charge on any atom is 0.0694 e. The van der Waals surface area contributed by atoms with Crippen molar-refractivity contribution in [2.75, 3.05) is 5.88 Å². The normalized spacial score (nSPS) is 17.4. The van der Waals surface area contributed by atoms with Crippen LogP contribution in [0.25, 0.3) is 0 Å². The molecule has 8 heavy (non-hydrogen) atoms. The molecule has 0 rings (SSSR count). The van der Waals surface area contributed by atoms with Crippen LogP contribution in [0.15, 0.2) is 6.08 Å². The van der Waals surface area contributed by atoms with E-state index in [2.05, 4.69) is 0 Å². The second-order valence-corrected chi connectivity index (χ2v) is 2.68. The Morgan fingerprint density at radius 2 is 2.00 bits per heavy atom. The van der Waals surface area contributed by atoms with Crippen molar-refractivity contribution in [3.8, 4) is 0 Å². The van der Waals surface area contributed by atoms with Gasteiger partial charge in [-0.15, -0.1) is 34.8 Å². The minimum Gasteiger partial charge on any atom is -0.125 e. The molecule has 0 fully saturated rings. The first-order valence-electron chi connectivity index (χ1n) is 2.11. The van der Waals surface area contributed by atoms with Crippen molar-refractivity contribution < 1.29 is 0 Å². The minimum absolute atomic E-state index is 0.261. The molecular weight excluding hydrogens is 166 g/mol. The Kier molecular flexibility index (Phi) is 4.83. The SMILES string of the molecule is [CH]=CC(Cl)C(Cl)CCl. The van der Waals surface area contributed by atoms with Gasteiger partial charge in [-0.05, 0) is 0 Å². The Morgan fingerprint density at radius 1 is 1.50 bits per heavy atom. The van der Waals surface area contributed by atoms with E-state index in [9.17, 15) is 0 Å². The van der Waals surface area contributed by atoms with E-state index in [0.29, 0.717) is 5.88 Å². The van der Waals surface area contributed by atoms with E-state index in [0.717, 1.165) is 0 Å². The summed E-state index contributed by atoms with van der Waals surface area (Å²) < 4.78 is 0. The fraction of sp³-hybridized carbons (Fsp3) is 0.600. The zero-order valence-corrected chi connectivity index (χ0v) is 6.42. The van der Waals surface area contributed by atoms with Crippen LogP contribution in [0.1, 0.15) is 0 Å². The molecular formula is C5H6Cl3. The molecule has 0 heterocycles. The highest BCUT2D eigenvalue weighted by Crippen LogP contribution is 2.11. The largest absolute Gasteiger partial charge is 0.125 e. The summed E-state index contributed by atoms with van der Waals surface area (Å²) in [4.78, 5) is 0. The molecule has 0 saturated heterocycles. The molecule has 1 radical (unpaired) electrons. The summed E-state index contributed by atoms with van der Waals surface area (Å²) in [5.41, 5.74) is 0. The van der Waals surface area contributed by atoms with Crippen molar-refractivity contribution in [1.82, 2.24) is 0 Å². The summed E-state index contributed by atoms with van der Waals surface area (Å²) in [5, 5.41) is -0.586. The average molecular weight is 172 g/mol. The molecule has 0 spiro atoms. The van der Waals surface area contributed by atoms with E-state index in [-0.39, 0.29) is 10.8 Å². The molecule has 0 saturated carbocycles. The fourth-order valence-corrected chi connectivity index (χ4v) is 0.662. The van der Waals surface area contributed by atoms with Crippen LogP contribution in [0.3, 0.4) is 0 Å². The molecule has 0 aliphatic rings. The van der Waals surface area contributed by atoms with Gasteiger partial charge in [-0.2, -0.15) is 0 Å². The second-order valence-electron chi connectivity index (χ2n) is 1.31. The van der Waals surface area contributed by atoms with Gasteiger partial charge in [0.15, 0.2) is 0 Å². The smallest absolute Gasteiger partial charge is 0.0694 e. The van der Waals surface area contributed by atoms with E-state index in [4.69, 9.17) is 41.4 Å². The Bertz CT molecular complexity index is 72.1. The molecule has 47 valence electrons. The molecule has 0 aliphatic heterocycles. The molecule has 0 aliphatic carbocycles.